The molecule has 1 fully saturated rings. The highest BCUT2D eigenvalue weighted by Gasteiger charge is 2.31. The summed E-state index contributed by atoms with van der Waals surface area (Å²) in [5, 5.41) is 11.0. The lowest BCUT2D eigenvalue weighted by Crippen LogP contribution is -2.44. The van der Waals surface area contributed by atoms with Crippen LogP contribution in [0.2, 0.25) is 0 Å². The second-order valence-corrected chi connectivity index (χ2v) is 6.92. The van der Waals surface area contributed by atoms with Gasteiger partial charge in [0.1, 0.15) is 0 Å². The van der Waals surface area contributed by atoms with Gasteiger partial charge in [-0.2, -0.15) is 0 Å². The number of para-hydroxylation sites is 1. The van der Waals surface area contributed by atoms with Crippen molar-refractivity contribution in [2.45, 2.75) is 36.6 Å². The monoisotopic (exact) mass is 349 g/mol. The average molecular weight is 350 g/mol. The van der Waals surface area contributed by atoms with Gasteiger partial charge in [0.05, 0.1) is 4.92 Å². The van der Waals surface area contributed by atoms with Crippen LogP contribution in [-0.4, -0.2) is 25.9 Å². The molecule has 3 N–H and O–H groups in total. The molecule has 0 spiro atoms. The molecule has 1 aliphatic carbocycles. The van der Waals surface area contributed by atoms with E-state index in [0.29, 0.717) is 0 Å². The molecule has 9 heteroatoms. The van der Waals surface area contributed by atoms with E-state index in [2.05, 4.69) is 4.72 Å². The van der Waals surface area contributed by atoms with E-state index in [4.69, 9.17) is 5.73 Å². The number of hydrogen-bond acceptors (Lipinski definition) is 5. The molecule has 0 aromatic heterocycles. The maximum atomic E-state index is 12.4. The van der Waals surface area contributed by atoms with Crippen molar-refractivity contribution in [2.24, 2.45) is 11.7 Å². The standard InChI is InChI=1S/C13H19N3O4S.ClH/c14-9-11(10-5-1-2-6-10)15-21(19,20)13-8-4-3-7-12(13)16(17)18;/h3-4,7-8,10-11,15H,1-2,5-6,9,14H2;1H. The van der Waals surface area contributed by atoms with Gasteiger partial charge in [0.25, 0.3) is 5.69 Å². The molecule has 0 bridgehead atoms. The molecule has 22 heavy (non-hydrogen) atoms. The summed E-state index contributed by atoms with van der Waals surface area (Å²) in [6, 6.07) is 4.95. The topological polar surface area (TPSA) is 115 Å². The predicted octanol–water partition coefficient (Wildman–Crippen LogP) is 1.81. The number of halogens is 1. The van der Waals surface area contributed by atoms with Crippen molar-refractivity contribution in [2.75, 3.05) is 6.54 Å². The highest BCUT2D eigenvalue weighted by atomic mass is 35.5. The minimum atomic E-state index is -3.96. The highest BCUT2D eigenvalue weighted by Crippen LogP contribution is 2.29. The first-order chi connectivity index (χ1) is 9.95. The fraction of sp³-hybridized carbons (Fsp3) is 0.538. The van der Waals surface area contributed by atoms with Crippen LogP contribution in [0.15, 0.2) is 29.2 Å². The van der Waals surface area contributed by atoms with E-state index in [1.54, 1.807) is 0 Å². The van der Waals surface area contributed by atoms with Crippen LogP contribution in [0.4, 0.5) is 5.69 Å². The average Bonchev–Trinajstić information content (AvgIpc) is 2.99. The van der Waals surface area contributed by atoms with Gasteiger partial charge in [0.15, 0.2) is 4.90 Å². The van der Waals surface area contributed by atoms with Crippen LogP contribution in [0.3, 0.4) is 0 Å². The van der Waals surface area contributed by atoms with Gasteiger partial charge in [-0.05, 0) is 24.8 Å². The second kappa shape index (κ2) is 7.87. The zero-order valence-corrected chi connectivity index (χ0v) is 13.6. The number of rotatable bonds is 6. The zero-order chi connectivity index (χ0) is 15.5. The molecule has 1 saturated carbocycles. The molecule has 0 heterocycles. The van der Waals surface area contributed by atoms with E-state index in [9.17, 15) is 18.5 Å². The Morgan fingerprint density at radius 2 is 1.91 bits per heavy atom. The van der Waals surface area contributed by atoms with Gasteiger partial charge in [0.2, 0.25) is 10.0 Å². The largest absolute Gasteiger partial charge is 0.329 e. The summed E-state index contributed by atoms with van der Waals surface area (Å²) in [7, 11) is -3.96. The molecule has 0 aliphatic heterocycles. The molecule has 0 saturated heterocycles. The van der Waals surface area contributed by atoms with E-state index in [1.807, 2.05) is 0 Å². The molecular weight excluding hydrogens is 330 g/mol. The van der Waals surface area contributed by atoms with Crippen molar-refractivity contribution >= 4 is 28.1 Å². The normalized spacial score (nSPS) is 17.0. The van der Waals surface area contributed by atoms with Gasteiger partial charge >= 0.3 is 0 Å². The minimum Gasteiger partial charge on any atom is -0.329 e. The Balaban J connectivity index is 0.00000242. The third kappa shape index (κ3) is 4.16. The maximum absolute atomic E-state index is 12.4. The molecule has 1 aromatic rings. The summed E-state index contributed by atoms with van der Waals surface area (Å²) >= 11 is 0. The molecular formula is C13H20ClN3O4S. The Morgan fingerprint density at radius 1 is 1.32 bits per heavy atom. The second-order valence-electron chi connectivity index (χ2n) is 5.23. The summed E-state index contributed by atoms with van der Waals surface area (Å²) in [6.45, 7) is 0.185. The van der Waals surface area contributed by atoms with E-state index < -0.39 is 20.6 Å². The Kier molecular flexibility index (Phi) is 6.73. The first kappa shape index (κ1) is 18.8. The van der Waals surface area contributed by atoms with Crippen molar-refractivity contribution in [3.63, 3.8) is 0 Å². The van der Waals surface area contributed by atoms with Crippen molar-refractivity contribution in [3.8, 4) is 0 Å². The van der Waals surface area contributed by atoms with E-state index in [-0.39, 0.29) is 35.8 Å². The lowest BCUT2D eigenvalue weighted by atomic mass is 9.99. The van der Waals surface area contributed by atoms with Crippen LogP contribution in [-0.2, 0) is 10.0 Å². The molecule has 1 atom stereocenters. The number of sulfonamides is 1. The highest BCUT2D eigenvalue weighted by molar-refractivity contribution is 7.89. The van der Waals surface area contributed by atoms with Gasteiger partial charge in [-0.15, -0.1) is 12.4 Å². The predicted molar refractivity (Wildman–Crippen MR) is 85.5 cm³/mol. The Hall–Kier alpha value is -1.22. The van der Waals surface area contributed by atoms with Gasteiger partial charge in [-0.1, -0.05) is 25.0 Å². The molecule has 1 unspecified atom stereocenters. The summed E-state index contributed by atoms with van der Waals surface area (Å²) in [4.78, 5) is 9.96. The summed E-state index contributed by atoms with van der Waals surface area (Å²) in [6.07, 6.45) is 3.99. The quantitative estimate of drug-likeness (QED) is 0.600. The van der Waals surface area contributed by atoms with E-state index in [1.165, 1.54) is 24.3 Å². The number of nitro groups is 1. The third-order valence-corrected chi connectivity index (χ3v) is 5.42. The summed E-state index contributed by atoms with van der Waals surface area (Å²) in [5.41, 5.74) is 5.25. The Labute approximate surface area is 135 Å². The van der Waals surface area contributed by atoms with Crippen LogP contribution in [0.5, 0.6) is 0 Å². The smallest absolute Gasteiger partial charge is 0.289 e. The molecule has 2 rings (SSSR count). The summed E-state index contributed by atoms with van der Waals surface area (Å²) in [5.74, 6) is 0.201. The first-order valence-electron chi connectivity index (χ1n) is 6.91. The maximum Gasteiger partial charge on any atom is 0.289 e. The van der Waals surface area contributed by atoms with E-state index in [0.717, 1.165) is 25.7 Å². The lowest BCUT2D eigenvalue weighted by Gasteiger charge is -2.22. The number of nitro benzene ring substituents is 1. The number of benzene rings is 1. The SMILES string of the molecule is Cl.NCC(NS(=O)(=O)c1ccccc1[N+](=O)[O-])C1CCCC1. The molecule has 0 amide bonds. The van der Waals surface area contributed by atoms with Crippen LogP contribution in [0.25, 0.3) is 0 Å². The van der Waals surface area contributed by atoms with Crippen LogP contribution in [0.1, 0.15) is 25.7 Å². The van der Waals surface area contributed by atoms with Crippen molar-refractivity contribution in [1.29, 1.82) is 0 Å². The van der Waals surface area contributed by atoms with Crippen LogP contribution < -0.4 is 10.5 Å². The molecule has 7 nitrogen and oxygen atoms in total. The van der Waals surface area contributed by atoms with Crippen LogP contribution in [0, 0.1) is 16.0 Å². The van der Waals surface area contributed by atoms with Crippen molar-refractivity contribution < 1.29 is 13.3 Å². The summed E-state index contributed by atoms with van der Waals surface area (Å²) < 4.78 is 27.4. The van der Waals surface area contributed by atoms with Gasteiger partial charge in [-0.3, -0.25) is 10.1 Å². The van der Waals surface area contributed by atoms with Crippen molar-refractivity contribution in [1.82, 2.24) is 4.72 Å². The molecule has 0 radical (unpaired) electrons. The lowest BCUT2D eigenvalue weighted by molar-refractivity contribution is -0.387. The van der Waals surface area contributed by atoms with Gasteiger partial charge in [0, 0.05) is 18.7 Å². The fourth-order valence-electron chi connectivity index (χ4n) is 2.79. The Bertz CT molecular complexity index is 617. The number of hydrogen-bond donors (Lipinski definition) is 2. The first-order valence-corrected chi connectivity index (χ1v) is 8.40. The van der Waals surface area contributed by atoms with E-state index >= 15 is 0 Å². The van der Waals surface area contributed by atoms with Gasteiger partial charge in [-0.25, -0.2) is 13.1 Å². The minimum absolute atomic E-state index is 0. The molecule has 124 valence electrons. The number of nitrogens with one attached hydrogen (secondary N) is 1. The van der Waals surface area contributed by atoms with Crippen molar-refractivity contribution in [3.05, 3.63) is 34.4 Å². The molecule has 1 aromatic carbocycles. The van der Waals surface area contributed by atoms with Gasteiger partial charge < -0.3 is 5.73 Å². The van der Waals surface area contributed by atoms with Crippen LogP contribution >= 0.6 is 12.4 Å². The molecule has 1 aliphatic rings. The third-order valence-electron chi connectivity index (χ3n) is 3.88. The Morgan fingerprint density at radius 3 is 2.45 bits per heavy atom. The number of nitrogens with two attached hydrogens (primary N) is 1. The zero-order valence-electron chi connectivity index (χ0n) is 12.0. The number of nitrogens with zero attached hydrogens (tertiary/aromatic N) is 1. The fourth-order valence-corrected chi connectivity index (χ4v) is 4.28.